The Hall–Kier alpha value is -3.53. The van der Waals surface area contributed by atoms with Crippen molar-refractivity contribution < 1.29 is 14.6 Å². The molecule has 0 bridgehead atoms. The maximum Gasteiger partial charge on any atom is 0.335 e. The summed E-state index contributed by atoms with van der Waals surface area (Å²) in [7, 11) is 0. The molecule has 0 saturated carbocycles. The van der Waals surface area contributed by atoms with E-state index < -0.39 is 5.97 Å². The maximum atomic E-state index is 11.3. The van der Waals surface area contributed by atoms with Gasteiger partial charge in [-0.05, 0) is 64.9 Å². The Labute approximate surface area is 201 Å². The SMILES string of the molecule is CCCc1c(OCc2cccc(-c3cccc(C(=O)O)c3)c2)ccc2c1ccn2CC(C)(C)C. The van der Waals surface area contributed by atoms with Gasteiger partial charge in [0.15, 0.2) is 0 Å². The number of aromatic nitrogens is 1. The number of carbonyl (C=O) groups is 1. The van der Waals surface area contributed by atoms with Gasteiger partial charge in [0, 0.05) is 29.2 Å². The number of fused-ring (bicyclic) bond motifs is 1. The van der Waals surface area contributed by atoms with Crippen LogP contribution < -0.4 is 4.74 Å². The van der Waals surface area contributed by atoms with E-state index >= 15 is 0 Å². The van der Waals surface area contributed by atoms with Gasteiger partial charge in [0.1, 0.15) is 12.4 Å². The van der Waals surface area contributed by atoms with Gasteiger partial charge < -0.3 is 14.4 Å². The van der Waals surface area contributed by atoms with E-state index in [0.29, 0.717) is 6.61 Å². The molecule has 1 heterocycles. The van der Waals surface area contributed by atoms with Gasteiger partial charge in [-0.3, -0.25) is 0 Å². The molecule has 3 aromatic carbocycles. The first kappa shape index (κ1) is 23.6. The summed E-state index contributed by atoms with van der Waals surface area (Å²) in [6, 6.07) is 21.6. The number of aromatic carboxylic acids is 1. The molecule has 1 N–H and O–H groups in total. The van der Waals surface area contributed by atoms with Crippen molar-refractivity contribution in [3.05, 3.63) is 89.6 Å². The summed E-state index contributed by atoms with van der Waals surface area (Å²) in [5.41, 5.74) is 5.92. The number of hydrogen-bond acceptors (Lipinski definition) is 2. The monoisotopic (exact) mass is 455 g/mol. The number of rotatable bonds is 8. The summed E-state index contributed by atoms with van der Waals surface area (Å²) in [5.74, 6) is 0.0117. The van der Waals surface area contributed by atoms with Crippen molar-refractivity contribution in [2.45, 2.75) is 53.7 Å². The van der Waals surface area contributed by atoms with Crippen LogP contribution in [-0.2, 0) is 19.6 Å². The fourth-order valence-electron chi connectivity index (χ4n) is 4.44. The molecule has 176 valence electrons. The second-order valence-electron chi connectivity index (χ2n) is 10.1. The second kappa shape index (κ2) is 9.76. The molecule has 0 fully saturated rings. The Morgan fingerprint density at radius 2 is 1.71 bits per heavy atom. The minimum absolute atomic E-state index is 0.209. The van der Waals surface area contributed by atoms with Crippen LogP contribution in [0.3, 0.4) is 0 Å². The molecule has 4 nitrogen and oxygen atoms in total. The van der Waals surface area contributed by atoms with Crippen molar-refractivity contribution >= 4 is 16.9 Å². The zero-order valence-electron chi connectivity index (χ0n) is 20.5. The average Bonchev–Trinajstić information content (AvgIpc) is 3.20. The lowest BCUT2D eigenvalue weighted by Gasteiger charge is -2.20. The van der Waals surface area contributed by atoms with Gasteiger partial charge >= 0.3 is 5.97 Å². The summed E-state index contributed by atoms with van der Waals surface area (Å²) in [6.45, 7) is 10.4. The minimum atomic E-state index is -0.920. The number of carboxylic acid groups (broad SMARTS) is 1. The van der Waals surface area contributed by atoms with Crippen LogP contribution in [0.4, 0.5) is 0 Å². The molecule has 0 aliphatic carbocycles. The summed E-state index contributed by atoms with van der Waals surface area (Å²) in [4.78, 5) is 11.3. The largest absolute Gasteiger partial charge is 0.489 e. The van der Waals surface area contributed by atoms with Crippen molar-refractivity contribution in [2.24, 2.45) is 5.41 Å². The quantitative estimate of drug-likeness (QED) is 0.298. The van der Waals surface area contributed by atoms with Crippen LogP contribution in [0, 0.1) is 5.41 Å². The zero-order valence-corrected chi connectivity index (χ0v) is 20.5. The van der Waals surface area contributed by atoms with E-state index in [1.165, 1.54) is 16.5 Å². The van der Waals surface area contributed by atoms with Gasteiger partial charge in [0.25, 0.3) is 0 Å². The molecule has 4 rings (SSSR count). The highest BCUT2D eigenvalue weighted by Gasteiger charge is 2.16. The molecular formula is C30H33NO3. The Kier molecular flexibility index (Phi) is 6.78. The predicted molar refractivity (Wildman–Crippen MR) is 139 cm³/mol. The maximum absolute atomic E-state index is 11.3. The molecule has 0 saturated heterocycles. The molecule has 4 aromatic rings. The summed E-state index contributed by atoms with van der Waals surface area (Å²) < 4.78 is 8.68. The topological polar surface area (TPSA) is 51.5 Å². The van der Waals surface area contributed by atoms with Gasteiger partial charge in [0.2, 0.25) is 0 Å². The van der Waals surface area contributed by atoms with Crippen LogP contribution in [0.5, 0.6) is 5.75 Å². The van der Waals surface area contributed by atoms with E-state index in [1.54, 1.807) is 18.2 Å². The molecule has 0 aliphatic rings. The number of carboxylic acids is 1. The number of benzene rings is 3. The van der Waals surface area contributed by atoms with E-state index in [9.17, 15) is 9.90 Å². The summed E-state index contributed by atoms with van der Waals surface area (Å²) >= 11 is 0. The number of aryl methyl sites for hydroxylation is 1. The molecule has 0 atom stereocenters. The molecule has 1 aromatic heterocycles. The van der Waals surface area contributed by atoms with Gasteiger partial charge in [0.05, 0.1) is 5.56 Å². The van der Waals surface area contributed by atoms with Gasteiger partial charge in [-0.2, -0.15) is 0 Å². The highest BCUT2D eigenvalue weighted by molar-refractivity contribution is 5.89. The summed E-state index contributed by atoms with van der Waals surface area (Å²) in [5, 5.41) is 10.6. The molecular weight excluding hydrogens is 422 g/mol. The fourth-order valence-corrected chi connectivity index (χ4v) is 4.44. The van der Waals surface area contributed by atoms with Gasteiger partial charge in [-0.15, -0.1) is 0 Å². The van der Waals surface area contributed by atoms with E-state index in [-0.39, 0.29) is 11.0 Å². The average molecular weight is 456 g/mol. The molecule has 0 radical (unpaired) electrons. The van der Waals surface area contributed by atoms with Gasteiger partial charge in [-0.25, -0.2) is 4.79 Å². The van der Waals surface area contributed by atoms with Crippen LogP contribution in [-0.4, -0.2) is 15.6 Å². The number of ether oxygens (including phenoxy) is 1. The van der Waals surface area contributed by atoms with Gasteiger partial charge in [-0.1, -0.05) is 64.4 Å². The predicted octanol–water partition coefficient (Wildman–Crippen LogP) is 7.58. The highest BCUT2D eigenvalue weighted by atomic mass is 16.5. The lowest BCUT2D eigenvalue weighted by molar-refractivity contribution is 0.0697. The van der Waals surface area contributed by atoms with Crippen LogP contribution in [0.15, 0.2) is 72.9 Å². The third kappa shape index (κ3) is 5.33. The van der Waals surface area contributed by atoms with Crippen LogP contribution in [0.2, 0.25) is 0 Å². The van der Waals surface area contributed by atoms with E-state index in [0.717, 1.165) is 41.8 Å². The molecule has 34 heavy (non-hydrogen) atoms. The van der Waals surface area contributed by atoms with Crippen LogP contribution >= 0.6 is 0 Å². The van der Waals surface area contributed by atoms with Crippen LogP contribution in [0.1, 0.15) is 55.6 Å². The molecule has 0 spiro atoms. The third-order valence-electron chi connectivity index (χ3n) is 5.93. The zero-order chi connectivity index (χ0) is 24.3. The number of hydrogen-bond donors (Lipinski definition) is 1. The first-order chi connectivity index (χ1) is 16.2. The highest BCUT2D eigenvalue weighted by Crippen LogP contribution is 2.32. The van der Waals surface area contributed by atoms with Crippen molar-refractivity contribution in [1.82, 2.24) is 4.57 Å². The Morgan fingerprint density at radius 1 is 0.971 bits per heavy atom. The van der Waals surface area contributed by atoms with Crippen LogP contribution in [0.25, 0.3) is 22.0 Å². The van der Waals surface area contributed by atoms with Crippen molar-refractivity contribution in [3.63, 3.8) is 0 Å². The second-order valence-corrected chi connectivity index (χ2v) is 10.1. The Balaban J connectivity index is 1.59. The third-order valence-corrected chi connectivity index (χ3v) is 5.93. The molecule has 0 amide bonds. The first-order valence-corrected chi connectivity index (χ1v) is 11.9. The smallest absolute Gasteiger partial charge is 0.335 e. The van der Waals surface area contributed by atoms with E-state index in [1.807, 2.05) is 24.3 Å². The fraction of sp³-hybridized carbons (Fsp3) is 0.300. The van der Waals surface area contributed by atoms with Crippen molar-refractivity contribution in [2.75, 3.05) is 0 Å². The lowest BCUT2D eigenvalue weighted by atomic mass is 9.97. The molecule has 0 aliphatic heterocycles. The Bertz CT molecular complexity index is 1310. The molecule has 0 unspecified atom stereocenters. The van der Waals surface area contributed by atoms with E-state index in [2.05, 4.69) is 62.7 Å². The normalized spacial score (nSPS) is 11.6. The van der Waals surface area contributed by atoms with Crippen molar-refractivity contribution in [3.8, 4) is 16.9 Å². The number of nitrogens with zero attached hydrogens (tertiary/aromatic N) is 1. The minimum Gasteiger partial charge on any atom is -0.489 e. The summed E-state index contributed by atoms with van der Waals surface area (Å²) in [6.07, 6.45) is 4.21. The first-order valence-electron chi connectivity index (χ1n) is 11.9. The lowest BCUT2D eigenvalue weighted by Crippen LogP contribution is -2.14. The standard InChI is InChI=1S/C30H33NO3/c1-5-8-26-25-15-16-31(20-30(2,3)4)27(25)13-14-28(26)34-19-21-9-6-10-22(17-21)23-11-7-12-24(18-23)29(32)33/h6-7,9-18H,5,8,19-20H2,1-4H3,(H,32,33). The Morgan fingerprint density at radius 3 is 2.41 bits per heavy atom. The van der Waals surface area contributed by atoms with Crippen molar-refractivity contribution in [1.29, 1.82) is 0 Å². The van der Waals surface area contributed by atoms with E-state index in [4.69, 9.17) is 4.74 Å². The molecule has 4 heteroatoms.